The Labute approximate surface area is 175 Å². The minimum atomic E-state index is -4.13. The van der Waals surface area contributed by atoms with Crippen LogP contribution in [-0.4, -0.2) is 79.3 Å². The highest BCUT2D eigenvalue weighted by Crippen LogP contribution is 2.30. The lowest BCUT2D eigenvalue weighted by Crippen LogP contribution is -2.44. The second-order valence-corrected chi connectivity index (χ2v) is 10.0. The average Bonchev–Trinajstić information content (AvgIpc) is 2.73. The van der Waals surface area contributed by atoms with Gasteiger partial charge in [-0.05, 0) is 12.1 Å². The van der Waals surface area contributed by atoms with Crippen LogP contribution in [0.5, 0.6) is 0 Å². The molecule has 2 heterocycles. The lowest BCUT2D eigenvalue weighted by Gasteiger charge is -2.26. The van der Waals surface area contributed by atoms with Gasteiger partial charge in [-0.1, -0.05) is 24.3 Å². The van der Waals surface area contributed by atoms with Gasteiger partial charge in [-0.25, -0.2) is 0 Å². The van der Waals surface area contributed by atoms with Gasteiger partial charge in [0.2, 0.25) is 0 Å². The molecule has 164 valence electrons. The Balaban J connectivity index is 1.69. The van der Waals surface area contributed by atoms with E-state index in [-0.39, 0.29) is 20.6 Å². The van der Waals surface area contributed by atoms with E-state index in [9.17, 15) is 16.8 Å². The van der Waals surface area contributed by atoms with Gasteiger partial charge in [0.1, 0.15) is 9.79 Å². The molecule has 0 aliphatic carbocycles. The van der Waals surface area contributed by atoms with Gasteiger partial charge in [-0.3, -0.25) is 0 Å². The molecule has 2 saturated heterocycles. The summed E-state index contributed by atoms with van der Waals surface area (Å²) >= 11 is 0. The van der Waals surface area contributed by atoms with Gasteiger partial charge in [-0.15, -0.1) is 0 Å². The van der Waals surface area contributed by atoms with Crippen molar-refractivity contribution in [1.82, 2.24) is 20.8 Å². The van der Waals surface area contributed by atoms with Gasteiger partial charge in [-0.2, -0.15) is 35.5 Å². The summed E-state index contributed by atoms with van der Waals surface area (Å²) in [6.45, 7) is 4.22. The third-order valence-electron chi connectivity index (χ3n) is 4.94. The first-order valence-electron chi connectivity index (χ1n) is 9.69. The van der Waals surface area contributed by atoms with Crippen LogP contribution in [0.2, 0.25) is 0 Å². The van der Waals surface area contributed by atoms with Crippen LogP contribution < -0.4 is 10.6 Å². The highest BCUT2D eigenvalue weighted by molar-refractivity contribution is 7.87. The van der Waals surface area contributed by atoms with Crippen LogP contribution in [0.25, 0.3) is 10.8 Å². The molecule has 2 N–H and O–H groups in total. The van der Waals surface area contributed by atoms with Crippen molar-refractivity contribution in [2.75, 3.05) is 52.4 Å². The van der Waals surface area contributed by atoms with Gasteiger partial charge in [0.05, 0.1) is 0 Å². The van der Waals surface area contributed by atoms with E-state index in [0.717, 1.165) is 0 Å². The number of hydroxylamine groups is 4. The molecule has 2 aliphatic rings. The summed E-state index contributed by atoms with van der Waals surface area (Å²) in [6.07, 6.45) is 0. The van der Waals surface area contributed by atoms with Gasteiger partial charge in [0.25, 0.3) is 0 Å². The van der Waals surface area contributed by atoms with Crippen LogP contribution >= 0.6 is 0 Å². The Morgan fingerprint density at radius 3 is 1.37 bits per heavy atom. The molecule has 2 aromatic rings. The predicted octanol–water partition coefficient (Wildman–Crippen LogP) is -0.109. The zero-order chi connectivity index (χ0) is 21.2. The van der Waals surface area contributed by atoms with Crippen LogP contribution in [-0.2, 0) is 28.8 Å². The Kier molecular flexibility index (Phi) is 6.36. The molecule has 0 unspecified atom stereocenters. The first-order chi connectivity index (χ1) is 14.4. The number of hydrogen-bond donors (Lipinski definition) is 2. The molecule has 2 aliphatic heterocycles. The molecule has 0 atom stereocenters. The van der Waals surface area contributed by atoms with Gasteiger partial charge in [0, 0.05) is 63.1 Å². The topological polar surface area (TPSA) is 117 Å². The number of nitrogens with one attached hydrogen (secondary N) is 2. The summed E-state index contributed by atoms with van der Waals surface area (Å²) in [4.78, 5) is -0.171. The van der Waals surface area contributed by atoms with Crippen LogP contribution in [0.15, 0.2) is 46.2 Å². The lowest BCUT2D eigenvalue weighted by molar-refractivity contribution is -0.0599. The maximum Gasteiger partial charge on any atom is 0.313 e. The number of fused-ring (bicyclic) bond motifs is 1. The molecule has 30 heavy (non-hydrogen) atoms. The monoisotopic (exact) mass is 456 g/mol. The quantitative estimate of drug-likeness (QED) is 0.610. The Hall–Kier alpha value is -1.64. The Morgan fingerprint density at radius 2 is 1.00 bits per heavy atom. The summed E-state index contributed by atoms with van der Waals surface area (Å²) in [5.41, 5.74) is 0. The minimum Gasteiger partial charge on any atom is -0.314 e. The van der Waals surface area contributed by atoms with E-state index in [0.29, 0.717) is 52.4 Å². The van der Waals surface area contributed by atoms with E-state index in [1.165, 1.54) is 34.4 Å². The normalized spacial score (nSPS) is 19.9. The summed E-state index contributed by atoms with van der Waals surface area (Å²) in [6, 6.07) is 8.95. The van der Waals surface area contributed by atoms with E-state index in [4.69, 9.17) is 8.57 Å². The molecular formula is C18H24N4O6S2. The molecule has 0 saturated carbocycles. The van der Waals surface area contributed by atoms with Gasteiger partial charge >= 0.3 is 20.2 Å². The molecule has 4 rings (SSSR count). The molecular weight excluding hydrogens is 432 g/mol. The van der Waals surface area contributed by atoms with Crippen LogP contribution in [0, 0.1) is 0 Å². The zero-order valence-electron chi connectivity index (χ0n) is 16.3. The molecule has 12 heteroatoms. The fraction of sp³-hybridized carbons (Fsp3) is 0.444. The molecule has 0 bridgehead atoms. The maximum atomic E-state index is 12.9. The van der Waals surface area contributed by atoms with Crippen molar-refractivity contribution in [2.45, 2.75) is 9.79 Å². The second kappa shape index (κ2) is 8.85. The SMILES string of the molecule is O=S(=O)(ON1CCNCC1)c1cccc2c(S(=O)(=O)ON3CCNCC3)cccc12. The lowest BCUT2D eigenvalue weighted by atomic mass is 10.1. The average molecular weight is 457 g/mol. The fourth-order valence-electron chi connectivity index (χ4n) is 3.48. The molecule has 10 nitrogen and oxygen atoms in total. The Bertz CT molecular complexity index is 1020. The van der Waals surface area contributed by atoms with Crippen molar-refractivity contribution >= 4 is 31.0 Å². The largest absolute Gasteiger partial charge is 0.314 e. The van der Waals surface area contributed by atoms with Crippen molar-refractivity contribution in [3.63, 3.8) is 0 Å². The summed E-state index contributed by atoms with van der Waals surface area (Å²) in [5.74, 6) is 0. The third kappa shape index (κ3) is 4.65. The smallest absolute Gasteiger partial charge is 0.313 e. The van der Waals surface area contributed by atoms with E-state index < -0.39 is 20.2 Å². The highest BCUT2D eigenvalue weighted by atomic mass is 32.2. The molecule has 0 spiro atoms. The molecule has 0 radical (unpaired) electrons. The first-order valence-corrected chi connectivity index (χ1v) is 12.5. The molecule has 2 aromatic carbocycles. The first kappa shape index (κ1) is 21.6. The van der Waals surface area contributed by atoms with Crippen molar-refractivity contribution < 1.29 is 25.4 Å². The van der Waals surface area contributed by atoms with Crippen molar-refractivity contribution in [3.8, 4) is 0 Å². The van der Waals surface area contributed by atoms with Crippen molar-refractivity contribution in [3.05, 3.63) is 36.4 Å². The number of piperazine rings is 2. The van der Waals surface area contributed by atoms with Crippen LogP contribution in [0.1, 0.15) is 0 Å². The van der Waals surface area contributed by atoms with Gasteiger partial charge in [0.15, 0.2) is 0 Å². The Morgan fingerprint density at radius 1 is 0.633 bits per heavy atom. The zero-order valence-corrected chi connectivity index (χ0v) is 17.9. The molecule has 0 amide bonds. The minimum absolute atomic E-state index is 0.0854. The summed E-state index contributed by atoms with van der Waals surface area (Å²) in [7, 11) is -8.26. The van der Waals surface area contributed by atoms with Crippen molar-refractivity contribution in [2.24, 2.45) is 0 Å². The summed E-state index contributed by atoms with van der Waals surface area (Å²) in [5, 5.41) is 9.54. The van der Waals surface area contributed by atoms with Crippen LogP contribution in [0.3, 0.4) is 0 Å². The van der Waals surface area contributed by atoms with Gasteiger partial charge < -0.3 is 10.6 Å². The number of nitrogens with zero attached hydrogens (tertiary/aromatic N) is 2. The second-order valence-electron chi connectivity index (χ2n) is 7.02. The van der Waals surface area contributed by atoms with E-state index in [1.54, 1.807) is 12.1 Å². The van der Waals surface area contributed by atoms with E-state index in [1.807, 2.05) is 0 Å². The standard InChI is InChI=1S/C18H24N4O6S2/c23-29(24,27-21-11-7-19-8-12-21)17-5-1-3-15-16(17)4-2-6-18(15)30(25,26)28-22-13-9-20-10-14-22/h1-6,19-20H,7-14H2. The highest BCUT2D eigenvalue weighted by Gasteiger charge is 2.28. The van der Waals surface area contributed by atoms with E-state index in [2.05, 4.69) is 10.6 Å². The number of benzene rings is 2. The molecule has 0 aromatic heterocycles. The third-order valence-corrected chi connectivity index (χ3v) is 7.54. The number of hydrogen-bond acceptors (Lipinski definition) is 10. The number of rotatable bonds is 6. The maximum absolute atomic E-state index is 12.9. The summed E-state index contributed by atoms with van der Waals surface area (Å²) < 4.78 is 62.2. The predicted molar refractivity (Wildman–Crippen MR) is 109 cm³/mol. The molecule has 2 fully saturated rings. The van der Waals surface area contributed by atoms with E-state index >= 15 is 0 Å². The van der Waals surface area contributed by atoms with Crippen molar-refractivity contribution in [1.29, 1.82) is 0 Å². The fourth-order valence-corrected chi connectivity index (χ4v) is 5.88. The van der Waals surface area contributed by atoms with Crippen LogP contribution in [0.4, 0.5) is 0 Å².